The Balaban J connectivity index is 2.42. The van der Waals surface area contributed by atoms with Crippen molar-refractivity contribution in [2.45, 2.75) is 34.1 Å². The van der Waals surface area contributed by atoms with Crippen LogP contribution >= 0.6 is 0 Å². The highest BCUT2D eigenvalue weighted by Gasteiger charge is 2.15. The standard InChI is InChI=1S/C16H21N5O/c1-5-12-17-10(4)14-16(22)18-11-8-9-13(20(6-2)7-3)19-15(11)21(12)14/h8-9H,5-7H2,1-4H3,(H,18,22). The number of anilines is 1. The molecular weight excluding hydrogens is 278 g/mol. The van der Waals surface area contributed by atoms with Gasteiger partial charge >= 0.3 is 0 Å². The number of nitrogens with zero attached hydrogens (tertiary/aromatic N) is 4. The van der Waals surface area contributed by atoms with Crippen molar-refractivity contribution in [1.29, 1.82) is 0 Å². The lowest BCUT2D eigenvalue weighted by Crippen LogP contribution is -2.23. The van der Waals surface area contributed by atoms with Crippen LogP contribution in [-0.2, 0) is 6.42 Å². The van der Waals surface area contributed by atoms with E-state index in [1.165, 1.54) is 0 Å². The fraction of sp³-hybridized carbons (Fsp3) is 0.438. The van der Waals surface area contributed by atoms with Crippen LogP contribution in [0.2, 0.25) is 0 Å². The molecule has 0 spiro atoms. The van der Waals surface area contributed by atoms with Crippen LogP contribution in [0.3, 0.4) is 0 Å². The van der Waals surface area contributed by atoms with E-state index >= 15 is 0 Å². The second-order valence-electron chi connectivity index (χ2n) is 5.32. The Bertz CT molecular complexity index is 889. The second-order valence-corrected chi connectivity index (χ2v) is 5.32. The summed E-state index contributed by atoms with van der Waals surface area (Å²) in [5.74, 6) is 1.78. The number of aromatic nitrogens is 4. The number of aromatic amines is 1. The van der Waals surface area contributed by atoms with Crippen LogP contribution in [0.5, 0.6) is 0 Å². The molecule has 3 heterocycles. The summed E-state index contributed by atoms with van der Waals surface area (Å²) < 4.78 is 1.90. The summed E-state index contributed by atoms with van der Waals surface area (Å²) in [6, 6.07) is 3.87. The lowest BCUT2D eigenvalue weighted by Gasteiger charge is -2.20. The zero-order valence-corrected chi connectivity index (χ0v) is 13.5. The zero-order chi connectivity index (χ0) is 15.9. The van der Waals surface area contributed by atoms with Gasteiger partial charge in [-0.05, 0) is 32.9 Å². The Hall–Kier alpha value is -2.37. The van der Waals surface area contributed by atoms with Crippen LogP contribution in [0.15, 0.2) is 16.9 Å². The average molecular weight is 299 g/mol. The highest BCUT2D eigenvalue weighted by molar-refractivity contribution is 5.77. The van der Waals surface area contributed by atoms with Gasteiger partial charge in [0.05, 0.1) is 11.2 Å². The van der Waals surface area contributed by atoms with Crippen molar-refractivity contribution in [2.24, 2.45) is 0 Å². The number of hydrogen-bond acceptors (Lipinski definition) is 4. The maximum Gasteiger partial charge on any atom is 0.274 e. The van der Waals surface area contributed by atoms with E-state index in [-0.39, 0.29) is 5.56 Å². The van der Waals surface area contributed by atoms with Crippen molar-refractivity contribution in [3.8, 4) is 0 Å². The molecular formula is C16H21N5O. The van der Waals surface area contributed by atoms with Crippen molar-refractivity contribution in [3.05, 3.63) is 34.0 Å². The third-order valence-electron chi connectivity index (χ3n) is 4.06. The predicted octanol–water partition coefficient (Wildman–Crippen LogP) is 2.29. The van der Waals surface area contributed by atoms with Crippen LogP contribution in [0, 0.1) is 6.92 Å². The minimum absolute atomic E-state index is 0.116. The number of imidazole rings is 1. The summed E-state index contributed by atoms with van der Waals surface area (Å²) in [4.78, 5) is 26.7. The second kappa shape index (κ2) is 5.44. The molecule has 0 aliphatic rings. The molecule has 116 valence electrons. The van der Waals surface area contributed by atoms with Gasteiger partial charge in [-0.25, -0.2) is 9.97 Å². The van der Waals surface area contributed by atoms with E-state index in [2.05, 4.69) is 28.7 Å². The van der Waals surface area contributed by atoms with E-state index in [1.807, 2.05) is 30.4 Å². The fourth-order valence-corrected chi connectivity index (χ4v) is 2.93. The average Bonchev–Trinajstić information content (AvgIpc) is 2.87. The van der Waals surface area contributed by atoms with Crippen LogP contribution in [0.25, 0.3) is 16.7 Å². The molecule has 6 heteroatoms. The van der Waals surface area contributed by atoms with Gasteiger partial charge in [-0.1, -0.05) is 6.92 Å². The van der Waals surface area contributed by atoms with E-state index < -0.39 is 0 Å². The van der Waals surface area contributed by atoms with Crippen LogP contribution in [-0.4, -0.2) is 32.4 Å². The molecule has 3 rings (SSSR count). The lowest BCUT2D eigenvalue weighted by atomic mass is 10.3. The van der Waals surface area contributed by atoms with E-state index in [0.29, 0.717) is 5.52 Å². The van der Waals surface area contributed by atoms with Gasteiger partial charge in [0.2, 0.25) is 0 Å². The summed E-state index contributed by atoms with van der Waals surface area (Å²) in [5, 5.41) is 0. The predicted molar refractivity (Wildman–Crippen MR) is 88.8 cm³/mol. The van der Waals surface area contributed by atoms with E-state index in [9.17, 15) is 4.79 Å². The summed E-state index contributed by atoms with van der Waals surface area (Å²) in [5.41, 5.74) is 2.72. The number of aryl methyl sites for hydroxylation is 2. The quantitative estimate of drug-likeness (QED) is 0.802. The van der Waals surface area contributed by atoms with E-state index in [1.54, 1.807) is 0 Å². The zero-order valence-electron chi connectivity index (χ0n) is 13.5. The number of pyridine rings is 1. The van der Waals surface area contributed by atoms with Gasteiger partial charge in [0, 0.05) is 19.5 Å². The largest absolute Gasteiger partial charge is 0.357 e. The first-order valence-corrected chi connectivity index (χ1v) is 7.76. The maximum atomic E-state index is 12.3. The molecule has 0 saturated carbocycles. The third-order valence-corrected chi connectivity index (χ3v) is 4.06. The van der Waals surface area contributed by atoms with Crippen molar-refractivity contribution >= 4 is 22.5 Å². The van der Waals surface area contributed by atoms with Crippen LogP contribution in [0.4, 0.5) is 5.82 Å². The summed E-state index contributed by atoms with van der Waals surface area (Å²) in [7, 11) is 0. The first-order chi connectivity index (χ1) is 10.6. The highest BCUT2D eigenvalue weighted by Crippen LogP contribution is 2.19. The molecule has 0 unspecified atom stereocenters. The fourth-order valence-electron chi connectivity index (χ4n) is 2.93. The van der Waals surface area contributed by atoms with Gasteiger partial charge in [-0.15, -0.1) is 0 Å². The number of H-pyrrole nitrogens is 1. The smallest absolute Gasteiger partial charge is 0.274 e. The molecule has 0 bridgehead atoms. The van der Waals surface area contributed by atoms with Crippen molar-refractivity contribution < 1.29 is 0 Å². The van der Waals surface area contributed by atoms with Crippen LogP contribution < -0.4 is 10.5 Å². The maximum absolute atomic E-state index is 12.3. The minimum Gasteiger partial charge on any atom is -0.357 e. The monoisotopic (exact) mass is 299 g/mol. The Kier molecular flexibility index (Phi) is 3.60. The summed E-state index contributed by atoms with van der Waals surface area (Å²) in [6.07, 6.45) is 0.755. The Morgan fingerprint density at radius 3 is 2.55 bits per heavy atom. The Morgan fingerprint density at radius 2 is 1.91 bits per heavy atom. The van der Waals surface area contributed by atoms with Crippen LogP contribution in [0.1, 0.15) is 32.3 Å². The van der Waals surface area contributed by atoms with E-state index in [0.717, 1.165) is 48.0 Å². The van der Waals surface area contributed by atoms with Crippen molar-refractivity contribution in [3.63, 3.8) is 0 Å². The number of fused-ring (bicyclic) bond motifs is 3. The molecule has 0 aliphatic carbocycles. The molecule has 3 aromatic heterocycles. The molecule has 6 nitrogen and oxygen atoms in total. The molecule has 0 saturated heterocycles. The molecule has 1 N–H and O–H groups in total. The third kappa shape index (κ3) is 2.06. The molecule has 0 aliphatic heterocycles. The normalized spacial score (nSPS) is 11.5. The molecule has 0 amide bonds. The Labute approximate surface area is 128 Å². The summed E-state index contributed by atoms with van der Waals surface area (Å²) in [6.45, 7) is 9.91. The first kappa shape index (κ1) is 14.6. The van der Waals surface area contributed by atoms with Gasteiger partial charge in [0.25, 0.3) is 5.56 Å². The number of rotatable bonds is 4. The van der Waals surface area contributed by atoms with Gasteiger partial charge in [-0.2, -0.15) is 0 Å². The molecule has 22 heavy (non-hydrogen) atoms. The van der Waals surface area contributed by atoms with Crippen molar-refractivity contribution in [1.82, 2.24) is 19.4 Å². The summed E-state index contributed by atoms with van der Waals surface area (Å²) >= 11 is 0. The van der Waals surface area contributed by atoms with Gasteiger partial charge in [-0.3, -0.25) is 9.20 Å². The molecule has 3 aromatic rings. The van der Waals surface area contributed by atoms with Gasteiger partial charge in [0.15, 0.2) is 5.65 Å². The van der Waals surface area contributed by atoms with E-state index in [4.69, 9.17) is 4.98 Å². The van der Waals surface area contributed by atoms with Gasteiger partial charge < -0.3 is 9.88 Å². The Morgan fingerprint density at radius 1 is 1.18 bits per heavy atom. The lowest BCUT2D eigenvalue weighted by molar-refractivity contribution is 0.845. The van der Waals surface area contributed by atoms with Gasteiger partial charge in [0.1, 0.15) is 17.2 Å². The molecule has 0 radical (unpaired) electrons. The topological polar surface area (TPSA) is 66.3 Å². The molecule has 0 aromatic carbocycles. The highest BCUT2D eigenvalue weighted by atomic mass is 16.1. The minimum atomic E-state index is -0.116. The SMILES string of the molecule is CCc1nc(C)c2c(=O)[nH]c3ccc(N(CC)CC)nc3n12. The number of nitrogens with one attached hydrogen (secondary N) is 1. The number of hydrogen-bond donors (Lipinski definition) is 1. The first-order valence-electron chi connectivity index (χ1n) is 7.76. The molecule has 0 fully saturated rings. The molecule has 0 atom stereocenters. The van der Waals surface area contributed by atoms with Crippen molar-refractivity contribution in [2.75, 3.05) is 18.0 Å².